The SMILES string of the molecule is CCCCCCc1sc2c3ccsc3c3ccsc3c2c1CCCCCC. The molecule has 27 heavy (non-hydrogen) atoms. The van der Waals surface area contributed by atoms with Gasteiger partial charge in [0.1, 0.15) is 0 Å². The second-order valence-electron chi connectivity index (χ2n) is 7.66. The molecule has 144 valence electrons. The summed E-state index contributed by atoms with van der Waals surface area (Å²) in [5.74, 6) is 0. The molecule has 4 aromatic rings. The molecule has 0 N–H and O–H groups in total. The summed E-state index contributed by atoms with van der Waals surface area (Å²) in [5, 5.41) is 9.17. The minimum Gasteiger partial charge on any atom is -0.143 e. The highest BCUT2D eigenvalue weighted by Crippen LogP contribution is 2.46. The number of unbranched alkanes of at least 4 members (excludes halogenated alkanes) is 6. The third-order valence-electron chi connectivity index (χ3n) is 5.68. The standard InChI is InChI=1S/C24H30S3/c1-3-5-7-9-11-17-20(12-10-8-6-4-2)27-24-19-14-15-25-22(19)18-13-16-26-23(18)21(17)24/h13-16H,3-12H2,1-2H3. The molecule has 0 spiro atoms. The highest BCUT2D eigenvalue weighted by Gasteiger charge is 2.19. The van der Waals surface area contributed by atoms with Crippen LogP contribution in [0.25, 0.3) is 30.3 Å². The highest BCUT2D eigenvalue weighted by atomic mass is 32.1. The third kappa shape index (κ3) is 3.83. The van der Waals surface area contributed by atoms with Crippen molar-refractivity contribution in [1.82, 2.24) is 0 Å². The molecule has 0 atom stereocenters. The van der Waals surface area contributed by atoms with Gasteiger partial charge in [-0.15, -0.1) is 34.0 Å². The van der Waals surface area contributed by atoms with Crippen molar-refractivity contribution < 1.29 is 0 Å². The van der Waals surface area contributed by atoms with Crippen LogP contribution >= 0.6 is 34.0 Å². The van der Waals surface area contributed by atoms with E-state index in [-0.39, 0.29) is 0 Å². The van der Waals surface area contributed by atoms with Crippen LogP contribution in [0, 0.1) is 0 Å². The largest absolute Gasteiger partial charge is 0.143 e. The van der Waals surface area contributed by atoms with E-state index in [4.69, 9.17) is 0 Å². The van der Waals surface area contributed by atoms with Gasteiger partial charge in [0.15, 0.2) is 0 Å². The van der Waals surface area contributed by atoms with Gasteiger partial charge in [0.2, 0.25) is 0 Å². The second kappa shape index (κ2) is 9.07. The molecule has 4 rings (SSSR count). The summed E-state index contributed by atoms with van der Waals surface area (Å²) in [4.78, 5) is 1.69. The van der Waals surface area contributed by atoms with E-state index in [1.807, 2.05) is 22.7 Å². The van der Waals surface area contributed by atoms with Crippen molar-refractivity contribution in [2.45, 2.75) is 78.1 Å². The zero-order valence-corrected chi connectivity index (χ0v) is 19.1. The Hall–Kier alpha value is -0.900. The number of hydrogen-bond donors (Lipinski definition) is 0. The van der Waals surface area contributed by atoms with Crippen LogP contribution in [0.4, 0.5) is 0 Å². The molecule has 0 saturated carbocycles. The van der Waals surface area contributed by atoms with E-state index in [0.29, 0.717) is 0 Å². The van der Waals surface area contributed by atoms with Gasteiger partial charge in [-0.3, -0.25) is 0 Å². The maximum atomic E-state index is 2.36. The zero-order valence-electron chi connectivity index (χ0n) is 16.6. The summed E-state index contributed by atoms with van der Waals surface area (Å²) in [6, 6.07) is 4.70. The molecular weight excluding hydrogens is 384 g/mol. The lowest BCUT2D eigenvalue weighted by atomic mass is 9.99. The van der Waals surface area contributed by atoms with Crippen LogP contribution in [0.5, 0.6) is 0 Å². The van der Waals surface area contributed by atoms with Gasteiger partial charge in [0, 0.05) is 35.1 Å². The molecule has 0 aliphatic carbocycles. The van der Waals surface area contributed by atoms with Crippen LogP contribution in [0.1, 0.15) is 75.7 Å². The van der Waals surface area contributed by atoms with Crippen molar-refractivity contribution in [1.29, 1.82) is 0 Å². The minimum absolute atomic E-state index is 1.27. The number of aryl methyl sites for hydroxylation is 2. The van der Waals surface area contributed by atoms with Crippen LogP contribution in [-0.2, 0) is 12.8 Å². The molecule has 0 unspecified atom stereocenters. The van der Waals surface area contributed by atoms with Crippen molar-refractivity contribution >= 4 is 64.3 Å². The van der Waals surface area contributed by atoms with E-state index in [1.165, 1.54) is 79.7 Å². The molecule has 0 amide bonds. The molecule has 0 radical (unpaired) electrons. The molecule has 0 nitrogen and oxygen atoms in total. The number of hydrogen-bond acceptors (Lipinski definition) is 3. The van der Waals surface area contributed by atoms with E-state index in [1.54, 1.807) is 25.2 Å². The first kappa shape index (κ1) is 19.4. The number of rotatable bonds is 10. The van der Waals surface area contributed by atoms with Gasteiger partial charge >= 0.3 is 0 Å². The van der Waals surface area contributed by atoms with Crippen LogP contribution in [-0.4, -0.2) is 0 Å². The first-order chi connectivity index (χ1) is 13.3. The summed E-state index contributed by atoms with van der Waals surface area (Å²) in [6.07, 6.45) is 13.4. The molecule has 0 aliphatic heterocycles. The Bertz CT molecular complexity index is 1010. The lowest BCUT2D eigenvalue weighted by Crippen LogP contribution is -1.92. The van der Waals surface area contributed by atoms with Crippen molar-refractivity contribution in [3.8, 4) is 0 Å². The Balaban J connectivity index is 1.79. The van der Waals surface area contributed by atoms with E-state index in [0.717, 1.165) is 0 Å². The topological polar surface area (TPSA) is 0 Å². The maximum absolute atomic E-state index is 2.36. The van der Waals surface area contributed by atoms with E-state index >= 15 is 0 Å². The molecule has 0 fully saturated rings. The molecule has 3 heterocycles. The average Bonchev–Trinajstić information content (AvgIpc) is 3.39. The van der Waals surface area contributed by atoms with Crippen LogP contribution < -0.4 is 0 Å². The average molecular weight is 415 g/mol. The molecule has 0 saturated heterocycles. The van der Waals surface area contributed by atoms with Gasteiger partial charge in [0.05, 0.1) is 0 Å². The van der Waals surface area contributed by atoms with Crippen LogP contribution in [0.15, 0.2) is 22.9 Å². The molecule has 3 heteroatoms. The Labute approximate surface area is 175 Å². The Morgan fingerprint density at radius 3 is 2.00 bits per heavy atom. The predicted octanol–water partition coefficient (Wildman–Crippen LogP) is 9.58. The predicted molar refractivity (Wildman–Crippen MR) is 128 cm³/mol. The normalized spacial score (nSPS) is 12.1. The summed E-state index contributed by atoms with van der Waals surface area (Å²) in [6.45, 7) is 4.61. The first-order valence-corrected chi connectivity index (χ1v) is 13.2. The summed E-state index contributed by atoms with van der Waals surface area (Å²) in [5.41, 5.74) is 1.70. The monoisotopic (exact) mass is 414 g/mol. The van der Waals surface area contributed by atoms with Crippen molar-refractivity contribution in [3.05, 3.63) is 33.3 Å². The lowest BCUT2D eigenvalue weighted by molar-refractivity contribution is 0.656. The third-order valence-corrected chi connectivity index (χ3v) is 8.88. The number of benzene rings is 1. The number of fused-ring (bicyclic) bond motifs is 6. The van der Waals surface area contributed by atoms with Crippen LogP contribution in [0.3, 0.4) is 0 Å². The maximum Gasteiger partial charge on any atom is 0.0450 e. The van der Waals surface area contributed by atoms with Gasteiger partial charge in [-0.2, -0.15) is 0 Å². The van der Waals surface area contributed by atoms with Gasteiger partial charge in [-0.05, 0) is 54.1 Å². The summed E-state index contributed by atoms with van der Waals surface area (Å²) >= 11 is 5.98. The Kier molecular flexibility index (Phi) is 6.52. The van der Waals surface area contributed by atoms with Gasteiger partial charge in [-0.1, -0.05) is 52.4 Å². The first-order valence-electron chi connectivity index (χ1n) is 10.7. The molecule has 0 bridgehead atoms. The molecule has 3 aromatic heterocycles. The van der Waals surface area contributed by atoms with E-state index in [2.05, 4.69) is 48.1 Å². The lowest BCUT2D eigenvalue weighted by Gasteiger charge is -2.06. The fraction of sp³-hybridized carbons (Fsp3) is 0.500. The number of thiophene rings is 3. The summed E-state index contributed by atoms with van der Waals surface area (Å²) < 4.78 is 4.61. The summed E-state index contributed by atoms with van der Waals surface area (Å²) in [7, 11) is 0. The van der Waals surface area contributed by atoms with E-state index < -0.39 is 0 Å². The highest BCUT2D eigenvalue weighted by molar-refractivity contribution is 7.25. The van der Waals surface area contributed by atoms with E-state index in [9.17, 15) is 0 Å². The van der Waals surface area contributed by atoms with Crippen molar-refractivity contribution in [3.63, 3.8) is 0 Å². The molecule has 0 aliphatic rings. The quantitative estimate of drug-likeness (QED) is 0.227. The zero-order chi connectivity index (χ0) is 18.6. The molecular formula is C24H30S3. The van der Waals surface area contributed by atoms with Gasteiger partial charge in [-0.25, -0.2) is 0 Å². The smallest absolute Gasteiger partial charge is 0.0450 e. The second-order valence-corrected chi connectivity index (χ2v) is 10.6. The minimum atomic E-state index is 1.27. The Morgan fingerprint density at radius 2 is 1.30 bits per heavy atom. The van der Waals surface area contributed by atoms with Gasteiger partial charge in [0.25, 0.3) is 0 Å². The van der Waals surface area contributed by atoms with Crippen molar-refractivity contribution in [2.75, 3.05) is 0 Å². The Morgan fingerprint density at radius 1 is 0.667 bits per heavy atom. The van der Waals surface area contributed by atoms with Crippen LogP contribution in [0.2, 0.25) is 0 Å². The van der Waals surface area contributed by atoms with Gasteiger partial charge < -0.3 is 0 Å². The van der Waals surface area contributed by atoms with Crippen molar-refractivity contribution in [2.24, 2.45) is 0 Å². The molecule has 1 aromatic carbocycles. The fourth-order valence-corrected chi connectivity index (χ4v) is 7.76. The fourth-order valence-electron chi connectivity index (χ4n) is 4.23.